The second-order valence-electron chi connectivity index (χ2n) is 0.943. The van der Waals surface area contributed by atoms with E-state index < -0.39 is 18.4 Å². The van der Waals surface area contributed by atoms with Crippen molar-refractivity contribution in [3.05, 3.63) is 0 Å². The zero-order valence-electron chi connectivity index (χ0n) is 4.46. The van der Waals surface area contributed by atoms with Crippen LogP contribution in [0.2, 0.25) is 0 Å². The summed E-state index contributed by atoms with van der Waals surface area (Å²) < 4.78 is 0. The van der Waals surface area contributed by atoms with E-state index in [1.165, 1.54) is 0 Å². The van der Waals surface area contributed by atoms with E-state index in [0.717, 1.165) is 0 Å². The zero-order chi connectivity index (χ0) is 5.86. The Morgan fingerprint density at radius 2 is 1.78 bits per heavy atom. The van der Waals surface area contributed by atoms with E-state index in [4.69, 9.17) is 5.11 Å². The Hall–Kier alpha value is 0.490. The van der Waals surface area contributed by atoms with Gasteiger partial charge in [-0.1, -0.05) is 0 Å². The van der Waals surface area contributed by atoms with Crippen LogP contribution in [-0.2, 0) is 9.59 Å². The minimum atomic E-state index is -1.56. The Morgan fingerprint density at radius 1 is 1.44 bits per heavy atom. The van der Waals surface area contributed by atoms with Gasteiger partial charge in [0.15, 0.2) is 0 Å². The molecule has 0 bridgehead atoms. The normalized spacial score (nSPS) is 6.22. The minimum Gasteiger partial charge on any atom is -1.00 e. The van der Waals surface area contributed by atoms with Crippen molar-refractivity contribution in [3.63, 3.8) is 0 Å². The topological polar surface area (TPSA) is 77.4 Å². The fraction of sp³-hybridized carbons (Fsp3) is 0.333. The zero-order valence-corrected chi connectivity index (χ0v) is 7.43. The summed E-state index contributed by atoms with van der Waals surface area (Å²) in [7, 11) is 0. The van der Waals surface area contributed by atoms with Crippen LogP contribution < -0.4 is 17.5 Å². The van der Waals surface area contributed by atoms with Gasteiger partial charge in [0.2, 0.25) is 0 Å². The quantitative estimate of drug-likeness (QED) is 0.339. The molecule has 0 aromatic carbocycles. The monoisotopic (exact) mass is 178 g/mol. The largest absolute Gasteiger partial charge is 2.00 e. The SMILES string of the molecule is O=C([O-])CC(=O)O.[Ca+2].[Cl-]. The third kappa shape index (κ3) is 17.7. The molecule has 0 aliphatic rings. The first kappa shape index (κ1) is 16.2. The van der Waals surface area contributed by atoms with Crippen LogP contribution >= 0.6 is 0 Å². The summed E-state index contributed by atoms with van der Waals surface area (Å²) in [6.45, 7) is 0. The number of hydrogen-bond acceptors (Lipinski definition) is 3. The molecule has 0 aliphatic heterocycles. The van der Waals surface area contributed by atoms with Crippen LogP contribution in [0.25, 0.3) is 0 Å². The van der Waals surface area contributed by atoms with Crippen molar-refractivity contribution in [1.82, 2.24) is 0 Å². The summed E-state index contributed by atoms with van der Waals surface area (Å²) in [5, 5.41) is 17.0. The Balaban J connectivity index is -0.000000180. The first-order valence-electron chi connectivity index (χ1n) is 1.54. The van der Waals surface area contributed by atoms with Crippen LogP contribution in [0.1, 0.15) is 6.42 Å². The Kier molecular flexibility index (Phi) is 15.3. The molecule has 0 fully saturated rings. The fourth-order valence-corrected chi connectivity index (χ4v) is 0.123. The number of carbonyl (C=O) groups is 2. The molecule has 6 heteroatoms. The first-order valence-corrected chi connectivity index (χ1v) is 1.54. The van der Waals surface area contributed by atoms with Gasteiger partial charge in [0.25, 0.3) is 0 Å². The molecule has 48 valence electrons. The third-order valence-electron chi connectivity index (χ3n) is 0.296. The summed E-state index contributed by atoms with van der Waals surface area (Å²) in [4.78, 5) is 18.7. The average molecular weight is 179 g/mol. The van der Waals surface area contributed by atoms with Gasteiger partial charge in [0.05, 0.1) is 12.4 Å². The third-order valence-corrected chi connectivity index (χ3v) is 0.296. The van der Waals surface area contributed by atoms with Gasteiger partial charge >= 0.3 is 43.7 Å². The maximum absolute atomic E-state index is 9.39. The Bertz CT molecular complexity index is 92.0. The number of carboxylic acid groups (broad SMARTS) is 2. The Labute approximate surface area is 87.6 Å². The van der Waals surface area contributed by atoms with Gasteiger partial charge in [-0.25, -0.2) is 0 Å². The molecular weight excluding hydrogens is 176 g/mol. The first-order chi connectivity index (χ1) is 3.13. The number of halogens is 1. The van der Waals surface area contributed by atoms with Gasteiger partial charge in [-0.3, -0.25) is 4.79 Å². The molecule has 0 saturated carbocycles. The minimum absolute atomic E-state index is 0. The number of hydrogen-bond donors (Lipinski definition) is 1. The van der Waals surface area contributed by atoms with E-state index in [9.17, 15) is 14.7 Å². The molecule has 0 aliphatic carbocycles. The average Bonchev–Trinajstić information content (AvgIpc) is 1.27. The number of rotatable bonds is 2. The van der Waals surface area contributed by atoms with E-state index in [0.29, 0.717) is 0 Å². The number of aliphatic carboxylic acids is 2. The van der Waals surface area contributed by atoms with Gasteiger partial charge in [-0.05, 0) is 0 Å². The summed E-state index contributed by atoms with van der Waals surface area (Å²) in [6, 6.07) is 0. The smallest absolute Gasteiger partial charge is 1.00 e. The number of carbonyl (C=O) groups excluding carboxylic acids is 1. The molecular formula is C3H3CaClO4. The van der Waals surface area contributed by atoms with Crippen LogP contribution in [0.3, 0.4) is 0 Å². The summed E-state index contributed by atoms with van der Waals surface area (Å²) >= 11 is 0. The maximum Gasteiger partial charge on any atom is 2.00 e. The predicted molar refractivity (Wildman–Crippen MR) is 23.0 cm³/mol. The maximum atomic E-state index is 9.39. The molecule has 0 rings (SSSR count). The summed E-state index contributed by atoms with van der Waals surface area (Å²) in [5.74, 6) is -2.94. The van der Waals surface area contributed by atoms with Crippen LogP contribution in [0, 0.1) is 0 Å². The van der Waals surface area contributed by atoms with Crippen molar-refractivity contribution in [3.8, 4) is 0 Å². The van der Waals surface area contributed by atoms with Crippen molar-refractivity contribution in [2.24, 2.45) is 0 Å². The molecule has 0 spiro atoms. The molecule has 0 unspecified atom stereocenters. The number of carboxylic acids is 2. The summed E-state index contributed by atoms with van der Waals surface area (Å²) in [5.41, 5.74) is 0. The second-order valence-corrected chi connectivity index (χ2v) is 0.943. The van der Waals surface area contributed by atoms with Crippen LogP contribution in [0.15, 0.2) is 0 Å². The molecule has 0 atom stereocenters. The molecule has 0 heterocycles. The molecule has 1 N–H and O–H groups in total. The molecule has 0 radical (unpaired) electrons. The van der Waals surface area contributed by atoms with Gasteiger partial charge in [0, 0.05) is 0 Å². The van der Waals surface area contributed by atoms with Crippen LogP contribution in [0.4, 0.5) is 0 Å². The fourth-order valence-electron chi connectivity index (χ4n) is 0.123. The van der Waals surface area contributed by atoms with E-state index in [-0.39, 0.29) is 50.1 Å². The van der Waals surface area contributed by atoms with Crippen molar-refractivity contribution >= 4 is 49.7 Å². The van der Waals surface area contributed by atoms with E-state index >= 15 is 0 Å². The van der Waals surface area contributed by atoms with Crippen molar-refractivity contribution in [2.45, 2.75) is 6.42 Å². The summed E-state index contributed by atoms with van der Waals surface area (Å²) in [6.07, 6.45) is -0.917. The molecule has 9 heavy (non-hydrogen) atoms. The second kappa shape index (κ2) is 8.49. The van der Waals surface area contributed by atoms with E-state index in [2.05, 4.69) is 0 Å². The van der Waals surface area contributed by atoms with Crippen molar-refractivity contribution in [1.29, 1.82) is 0 Å². The molecule has 0 aromatic heterocycles. The van der Waals surface area contributed by atoms with E-state index in [1.807, 2.05) is 0 Å². The molecule has 0 amide bonds. The van der Waals surface area contributed by atoms with Gasteiger partial charge in [-0.15, -0.1) is 0 Å². The van der Waals surface area contributed by atoms with Crippen LogP contribution in [-0.4, -0.2) is 54.8 Å². The van der Waals surface area contributed by atoms with Crippen LogP contribution in [0.5, 0.6) is 0 Å². The molecule has 4 nitrogen and oxygen atoms in total. The standard InChI is InChI=1S/C3H4O4.Ca.ClH/c4-2(5)1-3(6)7;;/h1H2,(H,4,5)(H,6,7);;1H/q;+2;/p-2. The van der Waals surface area contributed by atoms with Gasteiger partial charge in [-0.2, -0.15) is 0 Å². The predicted octanol–water partition coefficient (Wildman–Crippen LogP) is -5.17. The Morgan fingerprint density at radius 3 is 1.78 bits per heavy atom. The molecule has 0 saturated heterocycles. The van der Waals surface area contributed by atoms with E-state index in [1.54, 1.807) is 0 Å². The molecule has 0 aromatic rings. The van der Waals surface area contributed by atoms with Gasteiger partial charge in [0.1, 0.15) is 0 Å². The van der Waals surface area contributed by atoms with Crippen molar-refractivity contribution < 1.29 is 32.2 Å². The van der Waals surface area contributed by atoms with Gasteiger partial charge < -0.3 is 27.4 Å². The van der Waals surface area contributed by atoms with Crippen molar-refractivity contribution in [2.75, 3.05) is 0 Å².